The molecule has 30 heavy (non-hydrogen) atoms. The third kappa shape index (κ3) is 10.1. The largest absolute Gasteiger partial charge is 0.357 e. The zero-order chi connectivity index (χ0) is 21.3. The van der Waals surface area contributed by atoms with Gasteiger partial charge in [-0.1, -0.05) is 48.0 Å². The van der Waals surface area contributed by atoms with Crippen molar-refractivity contribution in [3.63, 3.8) is 0 Å². The van der Waals surface area contributed by atoms with Gasteiger partial charge >= 0.3 is 0 Å². The van der Waals surface area contributed by atoms with Crippen LogP contribution in [0.1, 0.15) is 37.5 Å². The predicted octanol–water partition coefficient (Wildman–Crippen LogP) is 4.04. The first kappa shape index (κ1) is 26.7. The number of nitrogens with one attached hydrogen (secondary N) is 3. The first-order valence-electron chi connectivity index (χ1n) is 9.62. The molecule has 2 rings (SSSR count). The molecule has 6 nitrogen and oxygen atoms in total. The highest BCUT2D eigenvalue weighted by Gasteiger charge is 2.12. The molecule has 9 heteroatoms. The molecule has 0 radical (unpaired) electrons. The number of aliphatic imine (C=N–C) groups is 1. The van der Waals surface area contributed by atoms with Gasteiger partial charge in [0.1, 0.15) is 0 Å². The Morgan fingerprint density at radius 1 is 1.03 bits per heavy atom. The third-order valence-electron chi connectivity index (χ3n) is 3.91. The Balaban J connectivity index is 0.00000450. The van der Waals surface area contributed by atoms with Gasteiger partial charge < -0.3 is 10.6 Å². The van der Waals surface area contributed by atoms with Crippen LogP contribution >= 0.6 is 35.6 Å². The Kier molecular flexibility index (Phi) is 11.7. The van der Waals surface area contributed by atoms with Crippen molar-refractivity contribution in [1.29, 1.82) is 0 Å². The molecule has 0 heterocycles. The van der Waals surface area contributed by atoms with E-state index in [-0.39, 0.29) is 35.8 Å². The first-order chi connectivity index (χ1) is 13.8. The lowest BCUT2D eigenvalue weighted by Gasteiger charge is -2.12. The predicted molar refractivity (Wildman–Crippen MR) is 136 cm³/mol. The van der Waals surface area contributed by atoms with Gasteiger partial charge in [0.2, 0.25) is 10.0 Å². The van der Waals surface area contributed by atoms with Crippen LogP contribution in [-0.2, 0) is 28.9 Å². The van der Waals surface area contributed by atoms with Crippen molar-refractivity contribution >= 4 is 51.6 Å². The van der Waals surface area contributed by atoms with E-state index in [1.54, 1.807) is 0 Å². The molecule has 0 aliphatic carbocycles. The van der Waals surface area contributed by atoms with E-state index in [4.69, 9.17) is 11.6 Å². The molecule has 0 aromatic heterocycles. The smallest absolute Gasteiger partial charge is 0.216 e. The van der Waals surface area contributed by atoms with Crippen LogP contribution in [0.15, 0.2) is 53.5 Å². The van der Waals surface area contributed by atoms with Crippen LogP contribution in [0.2, 0.25) is 5.02 Å². The van der Waals surface area contributed by atoms with Gasteiger partial charge in [-0.3, -0.25) is 0 Å². The van der Waals surface area contributed by atoms with Gasteiger partial charge in [0.05, 0.1) is 12.3 Å². The van der Waals surface area contributed by atoms with E-state index in [1.807, 2.05) is 69.3 Å². The Hall–Kier alpha value is -1.36. The molecule has 0 atom stereocenters. The van der Waals surface area contributed by atoms with E-state index < -0.39 is 10.0 Å². The van der Waals surface area contributed by atoms with Crippen molar-refractivity contribution in [3.8, 4) is 0 Å². The monoisotopic (exact) mass is 564 g/mol. The minimum absolute atomic E-state index is 0. The number of benzene rings is 2. The van der Waals surface area contributed by atoms with Gasteiger partial charge in [-0.05, 0) is 49.6 Å². The van der Waals surface area contributed by atoms with Crippen molar-refractivity contribution in [2.24, 2.45) is 4.99 Å². The average molecular weight is 565 g/mol. The number of hydrogen-bond donors (Lipinski definition) is 3. The number of sulfonamides is 1. The van der Waals surface area contributed by atoms with Gasteiger partial charge in [-0.15, -0.1) is 24.0 Å². The fourth-order valence-corrected chi connectivity index (χ4v) is 4.35. The first-order valence-corrected chi connectivity index (χ1v) is 11.6. The molecule has 0 saturated heterocycles. The van der Waals surface area contributed by atoms with Gasteiger partial charge in [-0.2, -0.15) is 0 Å². The van der Waals surface area contributed by atoms with Crippen LogP contribution in [0.25, 0.3) is 0 Å². The van der Waals surface area contributed by atoms with Gasteiger partial charge in [0.25, 0.3) is 0 Å². The molecule has 0 saturated carbocycles. The van der Waals surface area contributed by atoms with Crippen molar-refractivity contribution < 1.29 is 8.42 Å². The highest BCUT2D eigenvalue weighted by molar-refractivity contribution is 14.0. The Morgan fingerprint density at radius 2 is 1.70 bits per heavy atom. The van der Waals surface area contributed by atoms with Crippen LogP contribution in [0.5, 0.6) is 0 Å². The maximum atomic E-state index is 12.0. The zero-order valence-electron chi connectivity index (χ0n) is 17.5. The molecule has 0 spiro atoms. The molecule has 0 aliphatic rings. The average Bonchev–Trinajstić information content (AvgIpc) is 2.64. The van der Waals surface area contributed by atoms with E-state index >= 15 is 0 Å². The fourth-order valence-electron chi connectivity index (χ4n) is 2.71. The number of guanidine groups is 1. The summed E-state index contributed by atoms with van der Waals surface area (Å²) in [5, 5.41) is 7.20. The number of hydrogen-bond acceptors (Lipinski definition) is 3. The minimum atomic E-state index is -3.32. The molecule has 3 N–H and O–H groups in total. The lowest BCUT2D eigenvalue weighted by molar-refractivity contribution is 0.569. The molecule has 0 aliphatic heterocycles. The van der Waals surface area contributed by atoms with Gasteiger partial charge in [0.15, 0.2) is 5.96 Å². The van der Waals surface area contributed by atoms with Crippen LogP contribution in [0.4, 0.5) is 0 Å². The zero-order valence-corrected chi connectivity index (χ0v) is 21.4. The quantitative estimate of drug-likeness (QED) is 0.244. The summed E-state index contributed by atoms with van der Waals surface area (Å²) >= 11 is 6.02. The lowest BCUT2D eigenvalue weighted by atomic mass is 10.1. The second-order valence-corrected chi connectivity index (χ2v) is 9.22. The summed E-state index contributed by atoms with van der Waals surface area (Å²) in [6.07, 6.45) is 0. The van der Waals surface area contributed by atoms with E-state index in [0.29, 0.717) is 24.1 Å². The fraction of sp³-hybridized carbons (Fsp3) is 0.381. The summed E-state index contributed by atoms with van der Waals surface area (Å²) < 4.78 is 26.7. The Bertz CT molecular complexity index is 919. The van der Waals surface area contributed by atoms with Gasteiger partial charge in [0, 0.05) is 24.2 Å². The Labute approximate surface area is 202 Å². The maximum Gasteiger partial charge on any atom is 0.216 e. The summed E-state index contributed by atoms with van der Waals surface area (Å²) in [5.41, 5.74) is 2.83. The minimum Gasteiger partial charge on any atom is -0.357 e. The standard InChI is InChI=1S/C21H29ClN4O2S.HI/c1-4-23-21(25-14-19-6-5-7-20(22)12-19)24-13-17-8-10-18(11-9-17)15-29(27,28)26-16(2)3;/h5-12,16,26H,4,13-15H2,1-3H3,(H2,23,24,25);1H. The van der Waals surface area contributed by atoms with Crippen molar-refractivity contribution in [1.82, 2.24) is 15.4 Å². The van der Waals surface area contributed by atoms with Gasteiger partial charge in [-0.25, -0.2) is 18.1 Å². The highest BCUT2D eigenvalue weighted by atomic mass is 127. The topological polar surface area (TPSA) is 82.6 Å². The van der Waals surface area contributed by atoms with Crippen LogP contribution < -0.4 is 15.4 Å². The molecule has 0 unspecified atom stereocenters. The number of rotatable bonds is 9. The number of nitrogens with zero attached hydrogens (tertiary/aromatic N) is 1. The van der Waals surface area contributed by atoms with Crippen LogP contribution in [0.3, 0.4) is 0 Å². The van der Waals surface area contributed by atoms with Crippen LogP contribution in [-0.4, -0.2) is 27.0 Å². The lowest BCUT2D eigenvalue weighted by Crippen LogP contribution is -2.36. The summed E-state index contributed by atoms with van der Waals surface area (Å²) in [6.45, 7) is 7.48. The number of halogens is 2. The summed E-state index contributed by atoms with van der Waals surface area (Å²) in [6, 6.07) is 15.0. The Morgan fingerprint density at radius 3 is 2.30 bits per heavy atom. The van der Waals surface area contributed by atoms with Crippen LogP contribution in [0, 0.1) is 0 Å². The molecule has 0 amide bonds. The molecule has 0 fully saturated rings. The molecule has 2 aromatic rings. The molecular formula is C21H30ClIN4O2S. The second kappa shape index (κ2) is 13.1. The summed E-state index contributed by atoms with van der Waals surface area (Å²) in [7, 11) is -3.32. The van der Waals surface area contributed by atoms with E-state index in [9.17, 15) is 8.42 Å². The summed E-state index contributed by atoms with van der Waals surface area (Å²) in [5.74, 6) is 0.683. The maximum absolute atomic E-state index is 12.0. The van der Waals surface area contributed by atoms with Crippen molar-refractivity contribution in [2.45, 2.75) is 45.7 Å². The van der Waals surface area contributed by atoms with Crippen molar-refractivity contribution in [2.75, 3.05) is 6.54 Å². The van der Waals surface area contributed by atoms with E-state index in [2.05, 4.69) is 20.3 Å². The molecule has 0 bridgehead atoms. The summed E-state index contributed by atoms with van der Waals surface area (Å²) in [4.78, 5) is 4.58. The SMILES string of the molecule is CCNC(=NCc1cccc(Cl)c1)NCc1ccc(CS(=O)(=O)NC(C)C)cc1.I. The highest BCUT2D eigenvalue weighted by Crippen LogP contribution is 2.11. The second-order valence-electron chi connectivity index (χ2n) is 7.03. The third-order valence-corrected chi connectivity index (χ3v) is 5.69. The van der Waals surface area contributed by atoms with Crippen molar-refractivity contribution in [3.05, 3.63) is 70.2 Å². The molecule has 166 valence electrons. The normalized spacial score (nSPS) is 11.8. The van der Waals surface area contributed by atoms with E-state index in [0.717, 1.165) is 23.2 Å². The van der Waals surface area contributed by atoms with E-state index in [1.165, 1.54) is 0 Å². The molecular weight excluding hydrogens is 535 g/mol. The molecule has 2 aromatic carbocycles.